The molecule has 0 unspecified atom stereocenters. The Hall–Kier alpha value is 0.1000. The average molecular weight is 317 g/mol. The Balaban J connectivity index is 1.75. The van der Waals surface area contributed by atoms with Gasteiger partial charge in [0.25, 0.3) is 0 Å². The summed E-state index contributed by atoms with van der Waals surface area (Å²) in [5.41, 5.74) is 0. The minimum atomic E-state index is 0.787. The molecular formula is C13H21BrN2S. The monoisotopic (exact) mass is 316 g/mol. The third kappa shape index (κ3) is 4.36. The lowest BCUT2D eigenvalue weighted by Crippen LogP contribution is -2.46. The summed E-state index contributed by atoms with van der Waals surface area (Å²) in [6, 6.07) is 4.38. The summed E-state index contributed by atoms with van der Waals surface area (Å²) in [6.45, 7) is 11.8. The summed E-state index contributed by atoms with van der Waals surface area (Å²) in [7, 11) is 0. The van der Waals surface area contributed by atoms with Crippen LogP contribution in [0.15, 0.2) is 15.9 Å². The maximum absolute atomic E-state index is 3.53. The molecule has 1 aromatic heterocycles. The summed E-state index contributed by atoms with van der Waals surface area (Å²) < 4.78 is 1.24. The van der Waals surface area contributed by atoms with Crippen LogP contribution in [0.4, 0.5) is 0 Å². The van der Waals surface area contributed by atoms with Crippen LogP contribution in [0.2, 0.25) is 0 Å². The number of rotatable bonds is 4. The molecule has 96 valence electrons. The molecule has 17 heavy (non-hydrogen) atoms. The number of piperazine rings is 1. The first-order valence-electron chi connectivity index (χ1n) is 6.32. The van der Waals surface area contributed by atoms with Gasteiger partial charge in [-0.1, -0.05) is 13.8 Å². The molecule has 1 aromatic rings. The van der Waals surface area contributed by atoms with Crippen LogP contribution in [0, 0.1) is 5.92 Å². The van der Waals surface area contributed by atoms with Gasteiger partial charge in [-0.2, -0.15) is 0 Å². The maximum Gasteiger partial charge on any atom is 0.0701 e. The van der Waals surface area contributed by atoms with Gasteiger partial charge in [-0.25, -0.2) is 0 Å². The zero-order valence-corrected chi connectivity index (χ0v) is 13.1. The maximum atomic E-state index is 3.53. The van der Waals surface area contributed by atoms with Gasteiger partial charge in [0.15, 0.2) is 0 Å². The number of thiophene rings is 1. The Morgan fingerprint density at radius 3 is 2.35 bits per heavy atom. The molecule has 2 rings (SSSR count). The van der Waals surface area contributed by atoms with Crippen molar-refractivity contribution >= 4 is 27.3 Å². The summed E-state index contributed by atoms with van der Waals surface area (Å²) in [5, 5.41) is 0. The molecule has 1 saturated heterocycles. The van der Waals surface area contributed by atoms with E-state index in [9.17, 15) is 0 Å². The standard InChI is InChI=1S/C13H21BrN2S/c1-11(2)9-15-5-7-16(8-6-15)10-12-3-4-13(14)17-12/h3-4,11H,5-10H2,1-2H3. The zero-order chi connectivity index (χ0) is 12.3. The first-order valence-corrected chi connectivity index (χ1v) is 7.93. The van der Waals surface area contributed by atoms with Crippen LogP contribution in [0.25, 0.3) is 0 Å². The van der Waals surface area contributed by atoms with Crippen LogP contribution in [-0.4, -0.2) is 42.5 Å². The van der Waals surface area contributed by atoms with E-state index in [0.29, 0.717) is 0 Å². The highest BCUT2D eigenvalue weighted by Crippen LogP contribution is 2.23. The van der Waals surface area contributed by atoms with Crippen LogP contribution in [0.5, 0.6) is 0 Å². The average Bonchev–Trinajstić information content (AvgIpc) is 2.66. The second-order valence-electron chi connectivity index (χ2n) is 5.18. The molecule has 0 atom stereocenters. The summed E-state index contributed by atoms with van der Waals surface area (Å²) in [5.74, 6) is 0.787. The Kier molecular flexibility index (Phi) is 5.03. The van der Waals surface area contributed by atoms with Gasteiger partial charge in [0.2, 0.25) is 0 Å². The fourth-order valence-electron chi connectivity index (χ4n) is 2.30. The fraction of sp³-hybridized carbons (Fsp3) is 0.692. The molecule has 4 heteroatoms. The quantitative estimate of drug-likeness (QED) is 0.841. The van der Waals surface area contributed by atoms with Crippen molar-refractivity contribution < 1.29 is 0 Å². The van der Waals surface area contributed by atoms with Crippen LogP contribution >= 0.6 is 27.3 Å². The summed E-state index contributed by atoms with van der Waals surface area (Å²) >= 11 is 5.38. The molecule has 0 spiro atoms. The first-order chi connectivity index (χ1) is 8.13. The third-order valence-electron chi connectivity index (χ3n) is 3.10. The van der Waals surface area contributed by atoms with Crippen LogP contribution < -0.4 is 0 Å². The molecular weight excluding hydrogens is 296 g/mol. The lowest BCUT2D eigenvalue weighted by atomic mass is 10.2. The lowest BCUT2D eigenvalue weighted by Gasteiger charge is -2.35. The zero-order valence-electron chi connectivity index (χ0n) is 10.7. The van der Waals surface area contributed by atoms with Crippen molar-refractivity contribution in [1.82, 2.24) is 9.80 Å². The van der Waals surface area contributed by atoms with E-state index in [4.69, 9.17) is 0 Å². The number of hydrogen-bond acceptors (Lipinski definition) is 3. The molecule has 0 amide bonds. The van der Waals surface area contributed by atoms with Crippen molar-refractivity contribution in [2.75, 3.05) is 32.7 Å². The molecule has 0 N–H and O–H groups in total. The smallest absolute Gasteiger partial charge is 0.0701 e. The molecule has 0 radical (unpaired) electrons. The van der Waals surface area contributed by atoms with Crippen molar-refractivity contribution in [2.45, 2.75) is 20.4 Å². The first kappa shape index (κ1) is 13.5. The third-order valence-corrected chi connectivity index (χ3v) is 4.70. The minimum absolute atomic E-state index is 0.787. The summed E-state index contributed by atoms with van der Waals surface area (Å²) in [4.78, 5) is 6.62. The van der Waals surface area contributed by atoms with Gasteiger partial charge in [0.05, 0.1) is 3.79 Å². The van der Waals surface area contributed by atoms with Crippen molar-refractivity contribution in [1.29, 1.82) is 0 Å². The van der Waals surface area contributed by atoms with E-state index in [1.165, 1.54) is 41.4 Å². The fourth-order valence-corrected chi connectivity index (χ4v) is 3.83. The van der Waals surface area contributed by atoms with Crippen molar-refractivity contribution in [3.05, 3.63) is 20.8 Å². The number of halogens is 1. The molecule has 1 aliphatic heterocycles. The molecule has 0 bridgehead atoms. The Morgan fingerprint density at radius 1 is 1.18 bits per heavy atom. The van der Waals surface area contributed by atoms with Gasteiger partial charge >= 0.3 is 0 Å². The van der Waals surface area contributed by atoms with Crippen molar-refractivity contribution in [3.8, 4) is 0 Å². The molecule has 1 aliphatic rings. The van der Waals surface area contributed by atoms with Gasteiger partial charge in [-0.3, -0.25) is 4.90 Å². The van der Waals surface area contributed by atoms with E-state index in [1.54, 1.807) is 0 Å². The van der Waals surface area contributed by atoms with Gasteiger partial charge in [0.1, 0.15) is 0 Å². The largest absolute Gasteiger partial charge is 0.301 e. The second kappa shape index (κ2) is 6.32. The molecule has 1 fully saturated rings. The molecule has 0 aliphatic carbocycles. The predicted octanol–water partition coefficient (Wildman–Crippen LogP) is 3.28. The minimum Gasteiger partial charge on any atom is -0.301 e. The van der Waals surface area contributed by atoms with Crippen molar-refractivity contribution in [3.63, 3.8) is 0 Å². The topological polar surface area (TPSA) is 6.48 Å². The van der Waals surface area contributed by atoms with E-state index in [-0.39, 0.29) is 0 Å². The predicted molar refractivity (Wildman–Crippen MR) is 78.6 cm³/mol. The van der Waals surface area contributed by atoms with Crippen molar-refractivity contribution in [2.24, 2.45) is 5.92 Å². The highest BCUT2D eigenvalue weighted by molar-refractivity contribution is 9.11. The van der Waals surface area contributed by atoms with Crippen LogP contribution in [0.3, 0.4) is 0 Å². The van der Waals surface area contributed by atoms with Gasteiger partial charge in [-0.15, -0.1) is 11.3 Å². The second-order valence-corrected chi connectivity index (χ2v) is 7.72. The Labute approximate surface area is 117 Å². The van der Waals surface area contributed by atoms with Gasteiger partial charge < -0.3 is 4.90 Å². The normalized spacial score (nSPS) is 19.1. The van der Waals surface area contributed by atoms with E-state index >= 15 is 0 Å². The van der Waals surface area contributed by atoms with Gasteiger partial charge in [0, 0.05) is 44.1 Å². The lowest BCUT2D eigenvalue weighted by molar-refractivity contribution is 0.118. The Bertz CT molecular complexity index is 343. The van der Waals surface area contributed by atoms with Crippen LogP contribution in [-0.2, 0) is 6.54 Å². The molecule has 2 heterocycles. The van der Waals surface area contributed by atoms with E-state index in [0.717, 1.165) is 12.5 Å². The van der Waals surface area contributed by atoms with Crippen LogP contribution in [0.1, 0.15) is 18.7 Å². The molecule has 2 nitrogen and oxygen atoms in total. The highest BCUT2D eigenvalue weighted by Gasteiger charge is 2.17. The summed E-state index contributed by atoms with van der Waals surface area (Å²) in [6.07, 6.45) is 0. The van der Waals surface area contributed by atoms with E-state index in [1.807, 2.05) is 11.3 Å². The molecule has 0 saturated carbocycles. The molecule has 0 aromatic carbocycles. The Morgan fingerprint density at radius 2 is 1.82 bits per heavy atom. The SMILES string of the molecule is CC(C)CN1CCN(Cc2ccc(Br)s2)CC1. The number of hydrogen-bond donors (Lipinski definition) is 0. The highest BCUT2D eigenvalue weighted by atomic mass is 79.9. The number of nitrogens with zero attached hydrogens (tertiary/aromatic N) is 2. The van der Waals surface area contributed by atoms with E-state index in [2.05, 4.69) is 51.7 Å². The van der Waals surface area contributed by atoms with E-state index < -0.39 is 0 Å². The van der Waals surface area contributed by atoms with Gasteiger partial charge in [-0.05, 0) is 34.0 Å².